The number of hydrogen-bond acceptors (Lipinski definition) is 4. The number of nitrogens with one attached hydrogen (secondary N) is 3. The van der Waals surface area contributed by atoms with E-state index in [9.17, 15) is 9.59 Å². The smallest absolute Gasteiger partial charge is 0.264 e. The van der Waals surface area contributed by atoms with Gasteiger partial charge in [0.1, 0.15) is 5.75 Å². The highest BCUT2D eigenvalue weighted by Gasteiger charge is 2.07. The number of thiocarbonyl (C=S) groups is 1. The average molecular weight is 422 g/mol. The Morgan fingerprint density at radius 3 is 2.32 bits per heavy atom. The Morgan fingerprint density at radius 1 is 0.960 bits per heavy atom. The molecule has 0 atom stereocenters. The largest absolute Gasteiger partial charge is 0.484 e. The van der Waals surface area contributed by atoms with Gasteiger partial charge in [0, 0.05) is 4.47 Å². The van der Waals surface area contributed by atoms with Crippen LogP contribution in [-0.2, 0) is 16.0 Å². The van der Waals surface area contributed by atoms with Crippen LogP contribution in [0.3, 0.4) is 0 Å². The fourth-order valence-electron chi connectivity index (χ4n) is 1.83. The van der Waals surface area contributed by atoms with Crippen LogP contribution in [0.4, 0.5) is 0 Å². The van der Waals surface area contributed by atoms with E-state index >= 15 is 0 Å². The van der Waals surface area contributed by atoms with Crippen LogP contribution in [0.15, 0.2) is 59.1 Å². The van der Waals surface area contributed by atoms with Crippen molar-refractivity contribution in [2.75, 3.05) is 6.61 Å². The lowest BCUT2D eigenvalue weighted by atomic mass is 10.1. The molecule has 0 bridgehead atoms. The number of amides is 2. The van der Waals surface area contributed by atoms with Crippen LogP contribution in [0, 0.1) is 0 Å². The van der Waals surface area contributed by atoms with Crippen molar-refractivity contribution in [3.63, 3.8) is 0 Å². The Kier molecular flexibility index (Phi) is 7.36. The lowest BCUT2D eigenvalue weighted by Crippen LogP contribution is -2.49. The predicted octanol–water partition coefficient (Wildman–Crippen LogP) is 2.09. The van der Waals surface area contributed by atoms with E-state index < -0.39 is 5.91 Å². The molecule has 0 aromatic heterocycles. The van der Waals surface area contributed by atoms with E-state index in [2.05, 4.69) is 32.1 Å². The van der Waals surface area contributed by atoms with Gasteiger partial charge in [0.2, 0.25) is 5.91 Å². The van der Waals surface area contributed by atoms with Crippen molar-refractivity contribution in [2.45, 2.75) is 6.42 Å². The van der Waals surface area contributed by atoms with E-state index in [1.807, 2.05) is 42.5 Å². The van der Waals surface area contributed by atoms with Crippen molar-refractivity contribution in [1.29, 1.82) is 0 Å². The van der Waals surface area contributed by atoms with Crippen LogP contribution in [0.2, 0.25) is 0 Å². The zero-order chi connectivity index (χ0) is 18.1. The maximum absolute atomic E-state index is 11.8. The SMILES string of the molecule is O=C(Cc1ccccc1)NNC(=S)NC(=O)COc1ccc(Br)cc1. The lowest BCUT2D eigenvalue weighted by molar-refractivity contribution is -0.122. The molecule has 2 rings (SSSR count). The third-order valence-electron chi connectivity index (χ3n) is 2.96. The highest BCUT2D eigenvalue weighted by molar-refractivity contribution is 9.10. The summed E-state index contributed by atoms with van der Waals surface area (Å²) in [5, 5.41) is 2.40. The molecule has 2 aromatic carbocycles. The number of hydrazine groups is 1. The summed E-state index contributed by atoms with van der Waals surface area (Å²) in [6.07, 6.45) is 0.205. The van der Waals surface area contributed by atoms with Crippen molar-refractivity contribution in [1.82, 2.24) is 16.2 Å². The lowest BCUT2D eigenvalue weighted by Gasteiger charge is -2.11. The van der Waals surface area contributed by atoms with Gasteiger partial charge in [-0.1, -0.05) is 46.3 Å². The molecule has 130 valence electrons. The molecule has 0 aliphatic rings. The molecule has 25 heavy (non-hydrogen) atoms. The molecule has 8 heteroatoms. The molecule has 2 amide bonds. The fraction of sp³-hybridized carbons (Fsp3) is 0.118. The molecule has 0 radical (unpaired) electrons. The van der Waals surface area contributed by atoms with Crippen LogP contribution >= 0.6 is 28.1 Å². The first-order valence-corrected chi connectivity index (χ1v) is 8.54. The number of ether oxygens (including phenoxy) is 1. The third kappa shape index (κ3) is 7.32. The molecule has 0 saturated carbocycles. The quantitative estimate of drug-likeness (QED) is 0.508. The summed E-state index contributed by atoms with van der Waals surface area (Å²) in [5.74, 6) is -0.139. The second kappa shape index (κ2) is 9.75. The Bertz CT molecular complexity index is 739. The van der Waals surface area contributed by atoms with Crippen LogP contribution in [0.5, 0.6) is 5.75 Å². The summed E-state index contributed by atoms with van der Waals surface area (Å²) in [5.41, 5.74) is 5.78. The molecule has 0 fully saturated rings. The molecular weight excluding hydrogens is 406 g/mol. The van der Waals surface area contributed by atoms with Crippen molar-refractivity contribution in [3.05, 3.63) is 64.6 Å². The molecule has 3 N–H and O–H groups in total. The molecule has 0 aliphatic heterocycles. The van der Waals surface area contributed by atoms with Crippen LogP contribution in [-0.4, -0.2) is 23.5 Å². The predicted molar refractivity (Wildman–Crippen MR) is 102 cm³/mol. The maximum Gasteiger partial charge on any atom is 0.264 e. The van der Waals surface area contributed by atoms with Gasteiger partial charge in [-0.05, 0) is 42.0 Å². The average Bonchev–Trinajstić information content (AvgIpc) is 2.60. The van der Waals surface area contributed by atoms with Crippen LogP contribution in [0.1, 0.15) is 5.56 Å². The first-order valence-electron chi connectivity index (χ1n) is 7.34. The molecule has 0 saturated heterocycles. The number of carbonyl (C=O) groups excluding carboxylic acids is 2. The summed E-state index contributed by atoms with van der Waals surface area (Å²) >= 11 is 8.25. The third-order valence-corrected chi connectivity index (χ3v) is 3.69. The molecule has 2 aromatic rings. The van der Waals surface area contributed by atoms with E-state index in [1.165, 1.54) is 0 Å². The zero-order valence-electron chi connectivity index (χ0n) is 13.1. The van der Waals surface area contributed by atoms with Crippen LogP contribution < -0.4 is 20.9 Å². The number of rotatable bonds is 5. The van der Waals surface area contributed by atoms with Gasteiger partial charge in [0.25, 0.3) is 5.91 Å². The normalized spacial score (nSPS) is 9.80. The molecule has 0 spiro atoms. The van der Waals surface area contributed by atoms with E-state index in [-0.39, 0.29) is 24.0 Å². The highest BCUT2D eigenvalue weighted by atomic mass is 79.9. The molecule has 0 aliphatic carbocycles. The van der Waals surface area contributed by atoms with Gasteiger partial charge < -0.3 is 4.74 Å². The molecule has 0 unspecified atom stereocenters. The topological polar surface area (TPSA) is 79.5 Å². The number of benzene rings is 2. The molecular formula is C17H16BrN3O3S. The fourth-order valence-corrected chi connectivity index (χ4v) is 2.25. The van der Waals surface area contributed by atoms with Crippen LogP contribution in [0.25, 0.3) is 0 Å². The highest BCUT2D eigenvalue weighted by Crippen LogP contribution is 2.15. The number of halogens is 1. The first-order chi connectivity index (χ1) is 12.0. The Labute approximate surface area is 159 Å². The molecule has 0 heterocycles. The summed E-state index contributed by atoms with van der Waals surface area (Å²) in [6, 6.07) is 16.4. The van der Waals surface area contributed by atoms with Gasteiger partial charge in [-0.2, -0.15) is 0 Å². The van der Waals surface area contributed by atoms with Crippen molar-refractivity contribution in [3.8, 4) is 5.75 Å². The Hall–Kier alpha value is -2.45. The number of carbonyl (C=O) groups is 2. The van der Waals surface area contributed by atoms with E-state index in [4.69, 9.17) is 17.0 Å². The Morgan fingerprint density at radius 2 is 1.64 bits per heavy atom. The van der Waals surface area contributed by atoms with Crippen molar-refractivity contribution in [2.24, 2.45) is 0 Å². The standard InChI is InChI=1S/C17H16BrN3O3S/c18-13-6-8-14(9-7-13)24-11-16(23)19-17(25)21-20-15(22)10-12-4-2-1-3-5-12/h1-9H,10-11H2,(H,20,22)(H2,19,21,23,25). The number of hydrogen-bond donors (Lipinski definition) is 3. The Balaban J connectivity index is 1.66. The van der Waals surface area contributed by atoms with Crippen molar-refractivity contribution < 1.29 is 14.3 Å². The van der Waals surface area contributed by atoms with Gasteiger partial charge >= 0.3 is 0 Å². The minimum absolute atomic E-state index is 0.00850. The van der Waals surface area contributed by atoms with Gasteiger partial charge in [0.15, 0.2) is 11.7 Å². The van der Waals surface area contributed by atoms with Gasteiger partial charge in [0.05, 0.1) is 6.42 Å². The van der Waals surface area contributed by atoms with Gasteiger partial charge in [-0.3, -0.25) is 25.8 Å². The summed E-state index contributed by atoms with van der Waals surface area (Å²) in [6.45, 7) is -0.193. The minimum atomic E-state index is -0.433. The van der Waals surface area contributed by atoms with E-state index in [0.29, 0.717) is 5.75 Å². The van der Waals surface area contributed by atoms with E-state index in [0.717, 1.165) is 10.0 Å². The second-order valence-corrected chi connectivity index (χ2v) is 6.28. The summed E-state index contributed by atoms with van der Waals surface area (Å²) < 4.78 is 6.24. The first kappa shape index (κ1) is 18.9. The maximum atomic E-state index is 11.8. The summed E-state index contributed by atoms with van der Waals surface area (Å²) in [7, 11) is 0. The molecule has 6 nitrogen and oxygen atoms in total. The van der Waals surface area contributed by atoms with Gasteiger partial charge in [-0.25, -0.2) is 0 Å². The van der Waals surface area contributed by atoms with Gasteiger partial charge in [-0.15, -0.1) is 0 Å². The second-order valence-electron chi connectivity index (χ2n) is 4.96. The summed E-state index contributed by atoms with van der Waals surface area (Å²) in [4.78, 5) is 23.5. The van der Waals surface area contributed by atoms with Crippen molar-refractivity contribution >= 4 is 45.1 Å². The zero-order valence-corrected chi connectivity index (χ0v) is 15.5. The minimum Gasteiger partial charge on any atom is -0.484 e. The van der Waals surface area contributed by atoms with E-state index in [1.54, 1.807) is 12.1 Å². The monoisotopic (exact) mass is 421 g/mol.